The summed E-state index contributed by atoms with van der Waals surface area (Å²) in [4.78, 5) is 29.7. The summed E-state index contributed by atoms with van der Waals surface area (Å²) in [5.74, 6) is -0.396. The highest BCUT2D eigenvalue weighted by molar-refractivity contribution is 7.12. The molecule has 0 fully saturated rings. The first-order valence-corrected chi connectivity index (χ1v) is 7.69. The lowest BCUT2D eigenvalue weighted by Gasteiger charge is -2.11. The Kier molecular flexibility index (Phi) is 4.25. The molecule has 0 N–H and O–H groups in total. The maximum Gasteiger partial charge on any atom is 0.183 e. The molecule has 0 aromatic carbocycles. The average Bonchev–Trinajstić information content (AvgIpc) is 3.25. The Hall–Kier alpha value is -2.53. The van der Waals surface area contributed by atoms with E-state index in [-0.39, 0.29) is 18.0 Å². The van der Waals surface area contributed by atoms with Crippen molar-refractivity contribution < 1.29 is 14.0 Å². The van der Waals surface area contributed by atoms with Gasteiger partial charge in [-0.3, -0.25) is 14.6 Å². The number of nitrogens with zero attached hydrogens (tertiary/aromatic N) is 1. The third-order valence-corrected chi connectivity index (χ3v) is 4.19. The Labute approximate surface area is 131 Å². The second kappa shape index (κ2) is 6.49. The van der Waals surface area contributed by atoms with Crippen LogP contribution in [-0.2, 0) is 0 Å². The van der Waals surface area contributed by atoms with Crippen molar-refractivity contribution >= 4 is 22.9 Å². The molecule has 0 bridgehead atoms. The highest BCUT2D eigenvalue weighted by Gasteiger charge is 2.28. The fourth-order valence-corrected chi connectivity index (χ4v) is 2.94. The van der Waals surface area contributed by atoms with Gasteiger partial charge in [-0.25, -0.2) is 0 Å². The average molecular weight is 311 g/mol. The monoisotopic (exact) mass is 311 g/mol. The zero-order valence-electron chi connectivity index (χ0n) is 11.6. The molecule has 5 heteroatoms. The standard InChI is InChI=1S/C17H13NO3S/c19-14(13-5-1-2-8-18-13)11-12(15-6-3-9-21-15)17(20)16-7-4-10-22-16/h1-10,12H,11H2. The lowest BCUT2D eigenvalue weighted by molar-refractivity contribution is 0.0883. The van der Waals surface area contributed by atoms with Crippen LogP contribution in [0.25, 0.3) is 0 Å². The summed E-state index contributed by atoms with van der Waals surface area (Å²) in [6.07, 6.45) is 3.12. The molecule has 110 valence electrons. The van der Waals surface area contributed by atoms with Gasteiger partial charge in [-0.2, -0.15) is 0 Å². The number of rotatable bonds is 6. The molecule has 3 heterocycles. The Morgan fingerprint density at radius 2 is 2.05 bits per heavy atom. The van der Waals surface area contributed by atoms with Crippen molar-refractivity contribution in [3.8, 4) is 0 Å². The third-order valence-electron chi connectivity index (χ3n) is 3.31. The van der Waals surface area contributed by atoms with Gasteiger partial charge in [0.1, 0.15) is 11.5 Å². The van der Waals surface area contributed by atoms with Gasteiger partial charge >= 0.3 is 0 Å². The summed E-state index contributed by atoms with van der Waals surface area (Å²) in [5, 5.41) is 1.84. The van der Waals surface area contributed by atoms with Gasteiger partial charge in [-0.15, -0.1) is 11.3 Å². The summed E-state index contributed by atoms with van der Waals surface area (Å²) in [6, 6.07) is 12.2. The number of hydrogen-bond donors (Lipinski definition) is 0. The van der Waals surface area contributed by atoms with Gasteiger partial charge in [0.25, 0.3) is 0 Å². The van der Waals surface area contributed by atoms with E-state index in [9.17, 15) is 9.59 Å². The van der Waals surface area contributed by atoms with Crippen LogP contribution in [0.1, 0.15) is 38.3 Å². The van der Waals surface area contributed by atoms with Crippen molar-refractivity contribution in [2.45, 2.75) is 12.3 Å². The van der Waals surface area contributed by atoms with E-state index in [4.69, 9.17) is 4.42 Å². The SMILES string of the molecule is O=C(CC(C(=O)c1cccs1)c1ccco1)c1ccccn1. The van der Waals surface area contributed by atoms with Crippen LogP contribution in [0, 0.1) is 0 Å². The van der Waals surface area contributed by atoms with Crippen LogP contribution in [0.15, 0.2) is 64.7 Å². The molecule has 0 aliphatic carbocycles. The van der Waals surface area contributed by atoms with Gasteiger partial charge in [0.15, 0.2) is 11.6 Å². The van der Waals surface area contributed by atoms with Crippen LogP contribution in [-0.4, -0.2) is 16.6 Å². The van der Waals surface area contributed by atoms with Crippen molar-refractivity contribution in [3.63, 3.8) is 0 Å². The minimum absolute atomic E-state index is 0.0429. The Morgan fingerprint density at radius 1 is 1.14 bits per heavy atom. The van der Waals surface area contributed by atoms with Crippen LogP contribution in [0.5, 0.6) is 0 Å². The second-order valence-electron chi connectivity index (χ2n) is 4.75. The fourth-order valence-electron chi connectivity index (χ4n) is 2.22. The first-order valence-electron chi connectivity index (χ1n) is 6.81. The molecule has 0 saturated heterocycles. The quantitative estimate of drug-likeness (QED) is 0.646. The number of aromatic nitrogens is 1. The predicted molar refractivity (Wildman–Crippen MR) is 83.3 cm³/mol. The number of carbonyl (C=O) groups is 2. The number of hydrogen-bond acceptors (Lipinski definition) is 5. The molecule has 3 rings (SSSR count). The largest absolute Gasteiger partial charge is 0.469 e. The van der Waals surface area contributed by atoms with Gasteiger partial charge in [0.2, 0.25) is 0 Å². The van der Waals surface area contributed by atoms with Crippen LogP contribution >= 0.6 is 11.3 Å². The van der Waals surface area contributed by atoms with Crippen molar-refractivity contribution in [1.29, 1.82) is 0 Å². The molecule has 0 radical (unpaired) electrons. The van der Waals surface area contributed by atoms with E-state index >= 15 is 0 Å². The zero-order valence-corrected chi connectivity index (χ0v) is 12.5. The molecule has 1 unspecified atom stereocenters. The Bertz CT molecular complexity index is 749. The number of carbonyl (C=O) groups excluding carboxylic acids is 2. The normalized spacial score (nSPS) is 12.0. The van der Waals surface area contributed by atoms with E-state index in [0.29, 0.717) is 16.3 Å². The van der Waals surface area contributed by atoms with E-state index in [2.05, 4.69) is 4.98 Å². The molecular weight excluding hydrogens is 298 g/mol. The summed E-state index contributed by atoms with van der Waals surface area (Å²) >= 11 is 1.36. The van der Waals surface area contributed by atoms with Gasteiger partial charge in [0, 0.05) is 12.6 Å². The van der Waals surface area contributed by atoms with Gasteiger partial charge in [-0.05, 0) is 35.7 Å². The van der Waals surface area contributed by atoms with E-state index in [1.165, 1.54) is 17.6 Å². The number of furan rings is 1. The van der Waals surface area contributed by atoms with E-state index in [1.54, 1.807) is 42.6 Å². The van der Waals surface area contributed by atoms with E-state index in [0.717, 1.165) is 0 Å². The predicted octanol–water partition coefficient (Wildman–Crippen LogP) is 3.98. The minimum atomic E-state index is -0.622. The van der Waals surface area contributed by atoms with Crippen LogP contribution < -0.4 is 0 Å². The summed E-state index contributed by atoms with van der Waals surface area (Å²) < 4.78 is 5.36. The minimum Gasteiger partial charge on any atom is -0.469 e. The summed E-state index contributed by atoms with van der Waals surface area (Å²) in [6.45, 7) is 0. The molecule has 0 aliphatic rings. The fraction of sp³-hybridized carbons (Fsp3) is 0.118. The van der Waals surface area contributed by atoms with Crippen molar-refractivity contribution in [2.24, 2.45) is 0 Å². The molecular formula is C17H13NO3S. The number of pyridine rings is 1. The van der Waals surface area contributed by atoms with Gasteiger partial charge in [0.05, 0.1) is 17.1 Å². The zero-order chi connectivity index (χ0) is 15.4. The van der Waals surface area contributed by atoms with Crippen molar-refractivity contribution in [2.75, 3.05) is 0 Å². The van der Waals surface area contributed by atoms with Crippen LogP contribution in [0.4, 0.5) is 0 Å². The second-order valence-corrected chi connectivity index (χ2v) is 5.70. The first kappa shape index (κ1) is 14.4. The number of ketones is 2. The maximum absolute atomic E-state index is 12.6. The summed E-state index contributed by atoms with van der Waals surface area (Å²) in [5.41, 5.74) is 0.359. The van der Waals surface area contributed by atoms with Crippen molar-refractivity contribution in [1.82, 2.24) is 4.98 Å². The smallest absolute Gasteiger partial charge is 0.183 e. The molecule has 1 atom stereocenters. The number of Topliss-reactive ketones (excluding diaryl/α,β-unsaturated/α-hetero) is 2. The van der Waals surface area contributed by atoms with Gasteiger partial charge < -0.3 is 4.42 Å². The molecule has 3 aromatic heterocycles. The maximum atomic E-state index is 12.6. The molecule has 22 heavy (non-hydrogen) atoms. The lowest BCUT2D eigenvalue weighted by atomic mass is 9.93. The molecule has 4 nitrogen and oxygen atoms in total. The van der Waals surface area contributed by atoms with Crippen LogP contribution in [0.2, 0.25) is 0 Å². The summed E-state index contributed by atoms with van der Waals surface area (Å²) in [7, 11) is 0. The van der Waals surface area contributed by atoms with E-state index < -0.39 is 5.92 Å². The van der Waals surface area contributed by atoms with E-state index in [1.807, 2.05) is 11.4 Å². The Balaban J connectivity index is 1.87. The molecule has 0 amide bonds. The highest BCUT2D eigenvalue weighted by Crippen LogP contribution is 2.28. The molecule has 0 spiro atoms. The third kappa shape index (κ3) is 3.04. The number of thiophene rings is 1. The molecule has 0 saturated carbocycles. The van der Waals surface area contributed by atoms with Crippen molar-refractivity contribution in [3.05, 3.63) is 76.6 Å². The van der Waals surface area contributed by atoms with Crippen LogP contribution in [0.3, 0.4) is 0 Å². The molecule has 0 aliphatic heterocycles. The first-order chi connectivity index (χ1) is 10.8. The molecule has 3 aromatic rings. The van der Waals surface area contributed by atoms with Gasteiger partial charge in [-0.1, -0.05) is 12.1 Å². The Morgan fingerprint density at radius 3 is 2.68 bits per heavy atom. The lowest BCUT2D eigenvalue weighted by Crippen LogP contribution is -2.16. The highest BCUT2D eigenvalue weighted by atomic mass is 32.1. The topological polar surface area (TPSA) is 60.2 Å².